The maximum absolute atomic E-state index is 13.2. The lowest BCUT2D eigenvalue weighted by Gasteiger charge is -2.44. The number of carbonyl (C=O) groups excluding carboxylic acids is 1. The third-order valence-corrected chi connectivity index (χ3v) is 9.53. The van der Waals surface area contributed by atoms with Gasteiger partial charge in [-0.05, 0) is 50.4 Å². The molecule has 11 heteroatoms. The number of hydrogen-bond acceptors (Lipinski definition) is 7. The van der Waals surface area contributed by atoms with E-state index < -0.39 is 16.1 Å². The van der Waals surface area contributed by atoms with Crippen LogP contribution < -0.4 is 9.46 Å². The number of piperidine rings is 1. The molecule has 1 aliphatic carbocycles. The largest absolute Gasteiger partial charge is 0.492 e. The molecule has 10 nitrogen and oxygen atoms in total. The van der Waals surface area contributed by atoms with E-state index in [0.29, 0.717) is 32.8 Å². The van der Waals surface area contributed by atoms with Crippen molar-refractivity contribution in [3.8, 4) is 16.9 Å². The second-order valence-corrected chi connectivity index (χ2v) is 13.1. The Morgan fingerprint density at radius 3 is 2.54 bits per heavy atom. The molecule has 1 saturated heterocycles. The maximum Gasteiger partial charge on any atom is 0.244 e. The molecule has 5 rings (SSSR count). The molecule has 2 aromatic rings. The number of amides is 1. The van der Waals surface area contributed by atoms with Gasteiger partial charge in [0.2, 0.25) is 15.9 Å². The number of hydrogen-bond donors (Lipinski definition) is 2. The highest BCUT2D eigenvalue weighted by Gasteiger charge is 2.49. The molecule has 202 valence electrons. The zero-order chi connectivity index (χ0) is 26.4. The van der Waals surface area contributed by atoms with E-state index in [9.17, 15) is 18.3 Å². The van der Waals surface area contributed by atoms with Crippen molar-refractivity contribution in [2.75, 3.05) is 46.4 Å². The van der Waals surface area contributed by atoms with E-state index >= 15 is 0 Å². The predicted molar refractivity (Wildman–Crippen MR) is 138 cm³/mol. The van der Waals surface area contributed by atoms with Crippen molar-refractivity contribution in [1.82, 2.24) is 24.3 Å². The van der Waals surface area contributed by atoms with Crippen LogP contribution in [0.15, 0.2) is 35.5 Å². The Balaban J connectivity index is 1.45. The van der Waals surface area contributed by atoms with Gasteiger partial charge in [-0.2, -0.15) is 5.10 Å². The van der Waals surface area contributed by atoms with Crippen LogP contribution in [0.4, 0.5) is 0 Å². The smallest absolute Gasteiger partial charge is 0.244 e. The van der Waals surface area contributed by atoms with Crippen molar-refractivity contribution >= 4 is 15.9 Å². The minimum absolute atomic E-state index is 0.0469. The number of carbonyl (C=O) groups is 1. The maximum atomic E-state index is 13.2. The van der Waals surface area contributed by atoms with Crippen LogP contribution in [0.25, 0.3) is 11.1 Å². The number of nitrogens with zero attached hydrogens (tertiary/aromatic N) is 4. The van der Waals surface area contributed by atoms with E-state index in [1.807, 2.05) is 37.0 Å². The van der Waals surface area contributed by atoms with Gasteiger partial charge in [0.1, 0.15) is 10.6 Å². The molecule has 37 heavy (non-hydrogen) atoms. The fourth-order valence-electron chi connectivity index (χ4n) is 5.48. The van der Waals surface area contributed by atoms with Crippen molar-refractivity contribution in [3.63, 3.8) is 0 Å². The number of aliphatic hydroxyl groups is 1. The van der Waals surface area contributed by atoms with Crippen molar-refractivity contribution < 1.29 is 23.1 Å². The molecule has 1 amide bonds. The van der Waals surface area contributed by atoms with E-state index in [2.05, 4.69) is 9.82 Å². The van der Waals surface area contributed by atoms with Gasteiger partial charge in [-0.1, -0.05) is 13.0 Å². The molecule has 0 bridgehead atoms. The van der Waals surface area contributed by atoms with Gasteiger partial charge in [0.25, 0.3) is 0 Å². The number of ether oxygens (including phenoxy) is 1. The molecule has 1 saturated carbocycles. The predicted octanol–water partition coefficient (Wildman–Crippen LogP) is 1.46. The van der Waals surface area contributed by atoms with E-state index in [4.69, 9.17) is 4.74 Å². The number of sulfonamides is 1. The minimum atomic E-state index is -3.91. The van der Waals surface area contributed by atoms with Gasteiger partial charge < -0.3 is 19.6 Å². The van der Waals surface area contributed by atoms with Gasteiger partial charge in [0.15, 0.2) is 0 Å². The zero-order valence-corrected chi connectivity index (χ0v) is 22.6. The van der Waals surface area contributed by atoms with Gasteiger partial charge in [0, 0.05) is 62.4 Å². The first kappa shape index (κ1) is 26.1. The normalized spacial score (nSPS) is 25.4. The lowest BCUT2D eigenvalue weighted by atomic mass is 9.78. The lowest BCUT2D eigenvalue weighted by molar-refractivity contribution is -0.139. The molecule has 1 atom stereocenters. The average Bonchev–Trinajstić information content (AvgIpc) is 3.46. The average molecular weight is 532 g/mol. The standard InChI is InChI=1S/C26H37N5O5S/c1-25(6-7-25)24(33)31-10-8-26(9-11-31)17-29(2)16-21(32)14-28-37(34,35)23-5-4-19(12-22(23)36-18-26)20-13-27-30(3)15-20/h4-5,12-13,15,21,28,32H,6-11,14,16-18H2,1-3H3. The van der Waals surface area contributed by atoms with Crippen LogP contribution in [0.5, 0.6) is 5.75 Å². The second kappa shape index (κ2) is 9.68. The lowest BCUT2D eigenvalue weighted by Crippen LogP contribution is -2.52. The van der Waals surface area contributed by atoms with Gasteiger partial charge in [-0.25, -0.2) is 13.1 Å². The highest BCUT2D eigenvalue weighted by atomic mass is 32.2. The molecule has 2 N–H and O–H groups in total. The molecule has 0 radical (unpaired) electrons. The van der Waals surface area contributed by atoms with Gasteiger partial charge in [-0.15, -0.1) is 0 Å². The highest BCUT2D eigenvalue weighted by Crippen LogP contribution is 2.47. The Morgan fingerprint density at radius 2 is 1.89 bits per heavy atom. The Morgan fingerprint density at radius 1 is 1.16 bits per heavy atom. The summed E-state index contributed by atoms with van der Waals surface area (Å²) in [5.74, 6) is 0.513. The minimum Gasteiger partial charge on any atom is -0.492 e. The highest BCUT2D eigenvalue weighted by molar-refractivity contribution is 7.89. The van der Waals surface area contributed by atoms with Crippen molar-refractivity contribution in [2.45, 2.75) is 43.6 Å². The number of aliphatic hydroxyl groups excluding tert-OH is 1. The third kappa shape index (κ3) is 5.55. The van der Waals surface area contributed by atoms with Gasteiger partial charge in [0.05, 0.1) is 18.9 Å². The number of fused-ring (bicyclic) bond motifs is 1. The van der Waals surface area contributed by atoms with Crippen LogP contribution in [-0.2, 0) is 21.9 Å². The van der Waals surface area contributed by atoms with Crippen LogP contribution in [0.1, 0.15) is 32.6 Å². The van der Waals surface area contributed by atoms with Crippen molar-refractivity contribution in [2.24, 2.45) is 17.9 Å². The van der Waals surface area contributed by atoms with E-state index in [0.717, 1.165) is 36.8 Å². The first-order valence-electron chi connectivity index (χ1n) is 12.9. The van der Waals surface area contributed by atoms with Gasteiger partial charge >= 0.3 is 0 Å². The summed E-state index contributed by atoms with van der Waals surface area (Å²) >= 11 is 0. The van der Waals surface area contributed by atoms with Crippen molar-refractivity contribution in [1.29, 1.82) is 0 Å². The summed E-state index contributed by atoms with van der Waals surface area (Å²) in [5.41, 5.74) is 1.18. The number of benzene rings is 1. The number of aromatic nitrogens is 2. The monoisotopic (exact) mass is 531 g/mol. The number of rotatable bonds is 2. The number of aryl methyl sites for hydroxylation is 1. The molecule has 3 aliphatic rings. The number of likely N-dealkylation sites (tertiary alicyclic amines) is 1. The zero-order valence-electron chi connectivity index (χ0n) is 21.8. The first-order valence-corrected chi connectivity index (χ1v) is 14.4. The Kier molecular flexibility index (Phi) is 6.84. The van der Waals surface area contributed by atoms with E-state index in [1.165, 1.54) is 0 Å². The number of likely N-dealkylation sites (N-methyl/N-ethyl adjacent to an activating group) is 1. The summed E-state index contributed by atoms with van der Waals surface area (Å²) < 4.78 is 37.0. The van der Waals surface area contributed by atoms with Crippen LogP contribution in [0.2, 0.25) is 0 Å². The molecule has 1 aromatic carbocycles. The summed E-state index contributed by atoms with van der Waals surface area (Å²) in [6, 6.07) is 5.04. The molecule has 1 spiro atoms. The number of β-amino-alcohol motifs (C(OH)–C–C–N with tert-alkyl or cyclic N) is 1. The summed E-state index contributed by atoms with van der Waals surface area (Å²) in [6.07, 6.45) is 6.14. The fourth-order valence-corrected chi connectivity index (χ4v) is 6.68. The Bertz CT molecular complexity index is 1260. The van der Waals surface area contributed by atoms with Crippen LogP contribution >= 0.6 is 0 Å². The molecule has 3 heterocycles. The topological polar surface area (TPSA) is 117 Å². The Labute approximate surface area is 218 Å². The first-order chi connectivity index (χ1) is 17.5. The second-order valence-electron chi connectivity index (χ2n) is 11.4. The molecular weight excluding hydrogens is 494 g/mol. The van der Waals surface area contributed by atoms with E-state index in [-0.39, 0.29) is 33.9 Å². The number of nitrogens with one attached hydrogen (secondary N) is 1. The summed E-state index contributed by atoms with van der Waals surface area (Å²) in [5, 5.41) is 14.8. The summed E-state index contributed by atoms with van der Waals surface area (Å²) in [7, 11) is -0.152. The third-order valence-electron chi connectivity index (χ3n) is 8.07. The van der Waals surface area contributed by atoms with Crippen LogP contribution in [-0.4, -0.2) is 91.5 Å². The van der Waals surface area contributed by atoms with Crippen LogP contribution in [0, 0.1) is 10.8 Å². The van der Waals surface area contributed by atoms with Crippen molar-refractivity contribution in [3.05, 3.63) is 30.6 Å². The van der Waals surface area contributed by atoms with E-state index in [1.54, 1.807) is 29.1 Å². The van der Waals surface area contributed by atoms with Crippen LogP contribution in [0.3, 0.4) is 0 Å². The quantitative estimate of drug-likeness (QED) is 0.603. The molecule has 2 fully saturated rings. The van der Waals surface area contributed by atoms with Gasteiger partial charge in [-0.3, -0.25) is 9.48 Å². The fraction of sp³-hybridized carbons (Fsp3) is 0.615. The molecule has 1 aromatic heterocycles. The molecular formula is C26H37N5O5S. The SMILES string of the molecule is CN1CC(O)CNS(=O)(=O)c2ccc(-c3cnn(C)c3)cc2OCC2(CCN(C(=O)C3(C)CC3)CC2)C1. The summed E-state index contributed by atoms with van der Waals surface area (Å²) in [4.78, 5) is 17.0. The summed E-state index contributed by atoms with van der Waals surface area (Å²) in [6.45, 7) is 4.56. The Hall–Kier alpha value is -2.47. The molecule has 2 aliphatic heterocycles. The molecule has 1 unspecified atom stereocenters.